The first-order valence-corrected chi connectivity index (χ1v) is 7.14. The van der Waals surface area contributed by atoms with E-state index in [4.69, 9.17) is 9.47 Å². The van der Waals surface area contributed by atoms with Crippen LogP contribution in [0.4, 0.5) is 0 Å². The molecule has 4 nitrogen and oxygen atoms in total. The summed E-state index contributed by atoms with van der Waals surface area (Å²) in [6.45, 7) is 2.27. The Labute approximate surface area is 111 Å². The van der Waals surface area contributed by atoms with Crippen molar-refractivity contribution >= 4 is 17.7 Å². The van der Waals surface area contributed by atoms with Crippen LogP contribution in [0.25, 0.3) is 0 Å². The highest BCUT2D eigenvalue weighted by atomic mass is 32.2. The van der Waals surface area contributed by atoms with Gasteiger partial charge in [0.1, 0.15) is 0 Å². The van der Waals surface area contributed by atoms with E-state index < -0.39 is 0 Å². The lowest BCUT2D eigenvalue weighted by Gasteiger charge is -2.23. The Morgan fingerprint density at radius 2 is 2.28 bits per heavy atom. The maximum Gasteiger partial charge on any atom is 0.252 e. The van der Waals surface area contributed by atoms with Gasteiger partial charge in [0, 0.05) is 11.4 Å². The molecular formula is C13H17NO3S. The topological polar surface area (TPSA) is 47.6 Å². The summed E-state index contributed by atoms with van der Waals surface area (Å²) in [7, 11) is 0. The van der Waals surface area contributed by atoms with Gasteiger partial charge >= 0.3 is 0 Å². The predicted molar refractivity (Wildman–Crippen MR) is 71.1 cm³/mol. The molecule has 1 N–H and O–H groups in total. The summed E-state index contributed by atoms with van der Waals surface area (Å²) in [6, 6.07) is 7.58. The molecule has 0 radical (unpaired) electrons. The molecule has 98 valence electrons. The molecule has 0 bridgehead atoms. The lowest BCUT2D eigenvalue weighted by molar-refractivity contribution is -0.0855. The second-order valence-electron chi connectivity index (χ2n) is 3.98. The Morgan fingerprint density at radius 1 is 1.44 bits per heavy atom. The van der Waals surface area contributed by atoms with E-state index in [0.29, 0.717) is 31.9 Å². The smallest absolute Gasteiger partial charge is 0.252 e. The molecule has 1 fully saturated rings. The fraction of sp³-hybridized carbons (Fsp3) is 0.462. The van der Waals surface area contributed by atoms with E-state index in [-0.39, 0.29) is 12.0 Å². The van der Waals surface area contributed by atoms with Crippen LogP contribution < -0.4 is 5.32 Å². The van der Waals surface area contributed by atoms with Gasteiger partial charge in [-0.2, -0.15) is 0 Å². The summed E-state index contributed by atoms with van der Waals surface area (Å²) in [4.78, 5) is 13.0. The fourth-order valence-electron chi connectivity index (χ4n) is 1.79. The van der Waals surface area contributed by atoms with Crippen LogP contribution in [0.5, 0.6) is 0 Å². The molecule has 0 saturated carbocycles. The van der Waals surface area contributed by atoms with Gasteiger partial charge in [-0.15, -0.1) is 11.8 Å². The van der Waals surface area contributed by atoms with Crippen molar-refractivity contribution in [1.29, 1.82) is 0 Å². The van der Waals surface area contributed by atoms with Gasteiger partial charge in [-0.25, -0.2) is 0 Å². The summed E-state index contributed by atoms with van der Waals surface area (Å²) in [5.74, 6) is -0.0610. The number of hydrogen-bond acceptors (Lipinski definition) is 4. The number of thioether (sulfide) groups is 1. The van der Waals surface area contributed by atoms with E-state index in [9.17, 15) is 4.79 Å². The van der Waals surface area contributed by atoms with E-state index >= 15 is 0 Å². The van der Waals surface area contributed by atoms with Crippen LogP contribution in [0.3, 0.4) is 0 Å². The van der Waals surface area contributed by atoms with Gasteiger partial charge in [-0.05, 0) is 18.4 Å². The van der Waals surface area contributed by atoms with Crippen molar-refractivity contribution in [1.82, 2.24) is 5.32 Å². The third kappa shape index (κ3) is 3.48. The van der Waals surface area contributed by atoms with Gasteiger partial charge in [0.05, 0.1) is 31.5 Å². The third-order valence-corrected chi connectivity index (χ3v) is 3.52. The van der Waals surface area contributed by atoms with Crippen molar-refractivity contribution in [2.45, 2.75) is 11.0 Å². The lowest BCUT2D eigenvalue weighted by Crippen LogP contribution is -2.39. The minimum Gasteiger partial charge on any atom is -0.376 e. The standard InChI is InChI=1S/C13H17NO3S/c1-18-12-5-3-2-4-11(12)13(15)14-8-10-9-16-6-7-17-10/h2-5,10H,6-9H2,1H3,(H,14,15)/t10-/m0/s1. The molecule has 1 saturated heterocycles. The second-order valence-corrected chi connectivity index (χ2v) is 4.83. The number of carbonyl (C=O) groups excluding carboxylic acids is 1. The monoisotopic (exact) mass is 267 g/mol. The van der Waals surface area contributed by atoms with E-state index in [1.54, 1.807) is 11.8 Å². The normalized spacial score (nSPS) is 19.5. The number of hydrogen-bond donors (Lipinski definition) is 1. The summed E-state index contributed by atoms with van der Waals surface area (Å²) in [5, 5.41) is 2.89. The average molecular weight is 267 g/mol. The minimum absolute atomic E-state index is 0.0378. The minimum atomic E-state index is -0.0610. The van der Waals surface area contributed by atoms with Crippen LogP contribution in [0.1, 0.15) is 10.4 Å². The van der Waals surface area contributed by atoms with Crippen molar-refractivity contribution in [3.05, 3.63) is 29.8 Å². The van der Waals surface area contributed by atoms with Crippen molar-refractivity contribution in [2.24, 2.45) is 0 Å². The van der Waals surface area contributed by atoms with Crippen molar-refractivity contribution in [3.8, 4) is 0 Å². The first-order valence-electron chi connectivity index (χ1n) is 5.92. The molecule has 1 amide bonds. The first-order chi connectivity index (χ1) is 8.81. The van der Waals surface area contributed by atoms with Gasteiger partial charge in [0.2, 0.25) is 0 Å². The van der Waals surface area contributed by atoms with Crippen molar-refractivity contribution < 1.29 is 14.3 Å². The predicted octanol–water partition coefficient (Wildman–Crippen LogP) is 1.55. The van der Waals surface area contributed by atoms with Gasteiger partial charge in [-0.1, -0.05) is 12.1 Å². The maximum atomic E-state index is 12.0. The lowest BCUT2D eigenvalue weighted by atomic mass is 10.2. The largest absolute Gasteiger partial charge is 0.376 e. The highest BCUT2D eigenvalue weighted by Gasteiger charge is 2.16. The molecular weight excluding hydrogens is 250 g/mol. The SMILES string of the molecule is CSc1ccccc1C(=O)NC[C@H]1COCCO1. The summed E-state index contributed by atoms with van der Waals surface area (Å²) in [5.41, 5.74) is 0.710. The maximum absolute atomic E-state index is 12.0. The van der Waals surface area contributed by atoms with Gasteiger partial charge < -0.3 is 14.8 Å². The average Bonchev–Trinajstić information content (AvgIpc) is 2.45. The molecule has 5 heteroatoms. The first kappa shape index (κ1) is 13.4. The summed E-state index contributed by atoms with van der Waals surface area (Å²) < 4.78 is 10.8. The molecule has 1 heterocycles. The van der Waals surface area contributed by atoms with Gasteiger partial charge in [0.15, 0.2) is 0 Å². The van der Waals surface area contributed by atoms with E-state index in [1.165, 1.54) is 0 Å². The van der Waals surface area contributed by atoms with Crippen LogP contribution in [-0.4, -0.2) is 44.6 Å². The third-order valence-electron chi connectivity index (χ3n) is 2.73. The highest BCUT2D eigenvalue weighted by Crippen LogP contribution is 2.19. The van der Waals surface area contributed by atoms with Crippen LogP contribution in [0.2, 0.25) is 0 Å². The zero-order chi connectivity index (χ0) is 12.8. The Balaban J connectivity index is 1.90. The zero-order valence-corrected chi connectivity index (χ0v) is 11.2. The molecule has 1 atom stereocenters. The van der Waals surface area contributed by atoms with Gasteiger partial charge in [-0.3, -0.25) is 4.79 Å². The summed E-state index contributed by atoms with van der Waals surface area (Å²) in [6.07, 6.45) is 1.92. The fourth-order valence-corrected chi connectivity index (χ4v) is 2.38. The van der Waals surface area contributed by atoms with Crippen LogP contribution in [-0.2, 0) is 9.47 Å². The molecule has 2 rings (SSSR count). The highest BCUT2D eigenvalue weighted by molar-refractivity contribution is 7.98. The molecule has 0 aromatic heterocycles. The molecule has 0 aliphatic carbocycles. The number of amides is 1. The van der Waals surface area contributed by atoms with Crippen LogP contribution in [0, 0.1) is 0 Å². The Bertz CT molecular complexity index is 405. The Kier molecular flexibility index (Phi) is 5.04. The molecule has 1 aromatic carbocycles. The van der Waals surface area contributed by atoms with E-state index in [0.717, 1.165) is 4.90 Å². The van der Waals surface area contributed by atoms with E-state index in [1.807, 2.05) is 30.5 Å². The van der Waals surface area contributed by atoms with Gasteiger partial charge in [0.25, 0.3) is 5.91 Å². The number of rotatable bonds is 4. The van der Waals surface area contributed by atoms with Crippen molar-refractivity contribution in [2.75, 3.05) is 32.6 Å². The Hall–Kier alpha value is -1.04. The van der Waals surface area contributed by atoms with Crippen LogP contribution in [0.15, 0.2) is 29.2 Å². The van der Waals surface area contributed by atoms with E-state index in [2.05, 4.69) is 5.32 Å². The molecule has 18 heavy (non-hydrogen) atoms. The number of benzene rings is 1. The molecule has 1 aliphatic rings. The van der Waals surface area contributed by atoms with Crippen LogP contribution >= 0.6 is 11.8 Å². The summed E-state index contributed by atoms with van der Waals surface area (Å²) >= 11 is 1.57. The zero-order valence-electron chi connectivity index (χ0n) is 10.3. The molecule has 0 unspecified atom stereocenters. The number of ether oxygens (including phenoxy) is 2. The van der Waals surface area contributed by atoms with Crippen molar-refractivity contribution in [3.63, 3.8) is 0 Å². The Morgan fingerprint density at radius 3 is 3.00 bits per heavy atom. The molecule has 0 spiro atoms. The quantitative estimate of drug-likeness (QED) is 0.841. The second kappa shape index (κ2) is 6.78. The number of carbonyl (C=O) groups is 1. The molecule has 1 aliphatic heterocycles. The molecule has 1 aromatic rings. The number of nitrogens with one attached hydrogen (secondary N) is 1.